The molecule has 1 aliphatic heterocycles. The van der Waals surface area contributed by atoms with Crippen molar-refractivity contribution in [3.63, 3.8) is 0 Å². The Hall–Kier alpha value is -1.80. The number of nitrogens with zero attached hydrogens (tertiary/aromatic N) is 1. The van der Waals surface area contributed by atoms with Gasteiger partial charge in [0.15, 0.2) is 11.5 Å². The van der Waals surface area contributed by atoms with Crippen LogP contribution in [0.15, 0.2) is 18.2 Å². The van der Waals surface area contributed by atoms with Gasteiger partial charge in [0, 0.05) is 19.1 Å². The van der Waals surface area contributed by atoms with Gasteiger partial charge in [-0.3, -0.25) is 4.79 Å². The molecule has 0 spiro atoms. The van der Waals surface area contributed by atoms with E-state index in [0.717, 1.165) is 24.7 Å². The summed E-state index contributed by atoms with van der Waals surface area (Å²) in [6.07, 6.45) is 2.90. The van der Waals surface area contributed by atoms with Gasteiger partial charge < -0.3 is 14.4 Å². The molecule has 0 saturated carbocycles. The minimum absolute atomic E-state index is 0.0257. The van der Waals surface area contributed by atoms with Crippen LogP contribution in [0.25, 0.3) is 0 Å². The first-order chi connectivity index (χ1) is 11.3. The van der Waals surface area contributed by atoms with Crippen LogP contribution in [0.5, 0.6) is 11.5 Å². The molecule has 8 heteroatoms. The van der Waals surface area contributed by atoms with Gasteiger partial charge in [-0.05, 0) is 30.5 Å². The van der Waals surface area contributed by atoms with E-state index in [1.54, 1.807) is 31.3 Å². The normalized spacial score (nSPS) is 18.3. The molecular formula is C16H24N2O5S. The van der Waals surface area contributed by atoms with Crippen LogP contribution >= 0.6 is 0 Å². The fraction of sp³-hybridized carbons (Fsp3) is 0.562. The Labute approximate surface area is 143 Å². The summed E-state index contributed by atoms with van der Waals surface area (Å²) >= 11 is 0. The molecule has 1 N–H and O–H groups in total. The second-order valence-corrected chi connectivity index (χ2v) is 7.72. The number of carbonyl (C=O) groups is 1. The number of benzene rings is 1. The molecule has 1 saturated heterocycles. The van der Waals surface area contributed by atoms with Gasteiger partial charge in [-0.1, -0.05) is 6.07 Å². The van der Waals surface area contributed by atoms with Crippen molar-refractivity contribution in [1.29, 1.82) is 0 Å². The molecule has 7 nitrogen and oxygen atoms in total. The van der Waals surface area contributed by atoms with Crippen LogP contribution in [0.3, 0.4) is 0 Å². The molecule has 2 rings (SSSR count). The van der Waals surface area contributed by atoms with E-state index in [9.17, 15) is 13.2 Å². The zero-order valence-electron chi connectivity index (χ0n) is 14.2. The molecule has 0 aromatic heterocycles. The molecule has 0 aliphatic carbocycles. The lowest BCUT2D eigenvalue weighted by Crippen LogP contribution is -2.49. The average Bonchev–Trinajstić information content (AvgIpc) is 2.53. The maximum absolute atomic E-state index is 12.5. The second-order valence-electron chi connectivity index (χ2n) is 5.94. The zero-order valence-corrected chi connectivity index (χ0v) is 15.1. The largest absolute Gasteiger partial charge is 0.493 e. The van der Waals surface area contributed by atoms with Gasteiger partial charge in [0.1, 0.15) is 0 Å². The van der Waals surface area contributed by atoms with E-state index in [4.69, 9.17) is 9.47 Å². The Balaban J connectivity index is 2.01. The topological polar surface area (TPSA) is 84.9 Å². The summed E-state index contributed by atoms with van der Waals surface area (Å²) in [6, 6.07) is 5.16. The number of methoxy groups -OCH3 is 2. The SMILES string of the molecule is COc1ccc(CC(=O)N2CCC[C@@H](NS(C)(=O)=O)C2)cc1OC. The number of ether oxygens (including phenoxy) is 2. The third kappa shape index (κ3) is 5.10. The van der Waals surface area contributed by atoms with Crippen LogP contribution in [-0.2, 0) is 21.2 Å². The third-order valence-electron chi connectivity index (χ3n) is 3.96. The molecule has 1 fully saturated rings. The molecular weight excluding hydrogens is 332 g/mol. The highest BCUT2D eigenvalue weighted by Crippen LogP contribution is 2.28. The van der Waals surface area contributed by atoms with Gasteiger partial charge in [0.25, 0.3) is 0 Å². The number of rotatable bonds is 6. The quantitative estimate of drug-likeness (QED) is 0.814. The highest BCUT2D eigenvalue weighted by atomic mass is 32.2. The van der Waals surface area contributed by atoms with Crippen LogP contribution in [-0.4, -0.2) is 58.8 Å². The number of amides is 1. The fourth-order valence-corrected chi connectivity index (χ4v) is 3.68. The van der Waals surface area contributed by atoms with Crippen molar-refractivity contribution in [1.82, 2.24) is 9.62 Å². The minimum atomic E-state index is -3.27. The van der Waals surface area contributed by atoms with Gasteiger partial charge in [0.2, 0.25) is 15.9 Å². The summed E-state index contributed by atoms with van der Waals surface area (Å²) in [5, 5.41) is 0. The molecule has 0 radical (unpaired) electrons. The van der Waals surface area contributed by atoms with Crippen LogP contribution in [0.1, 0.15) is 18.4 Å². The summed E-state index contributed by atoms with van der Waals surface area (Å²) in [7, 11) is -0.155. The molecule has 1 aromatic rings. The van der Waals surface area contributed by atoms with Crippen molar-refractivity contribution < 1.29 is 22.7 Å². The summed E-state index contributed by atoms with van der Waals surface area (Å²) in [5.74, 6) is 1.17. The lowest BCUT2D eigenvalue weighted by Gasteiger charge is -2.32. The molecule has 1 aromatic carbocycles. The Morgan fingerprint density at radius 1 is 1.29 bits per heavy atom. The predicted octanol–water partition coefficient (Wildman–Crippen LogP) is 0.787. The third-order valence-corrected chi connectivity index (χ3v) is 4.72. The molecule has 24 heavy (non-hydrogen) atoms. The molecule has 0 bridgehead atoms. The van der Waals surface area contributed by atoms with Crippen LogP contribution in [0.2, 0.25) is 0 Å². The highest BCUT2D eigenvalue weighted by Gasteiger charge is 2.25. The number of carbonyl (C=O) groups excluding carboxylic acids is 1. The maximum atomic E-state index is 12.5. The molecule has 1 amide bonds. The Kier molecular flexibility index (Phi) is 6.06. The first kappa shape index (κ1) is 18.5. The van der Waals surface area contributed by atoms with Crippen molar-refractivity contribution in [3.05, 3.63) is 23.8 Å². The maximum Gasteiger partial charge on any atom is 0.227 e. The zero-order chi connectivity index (χ0) is 17.7. The van der Waals surface area contributed by atoms with Crippen LogP contribution < -0.4 is 14.2 Å². The van der Waals surface area contributed by atoms with Gasteiger partial charge in [-0.15, -0.1) is 0 Å². The van der Waals surface area contributed by atoms with Gasteiger partial charge >= 0.3 is 0 Å². The van der Waals surface area contributed by atoms with Crippen molar-refractivity contribution >= 4 is 15.9 Å². The molecule has 1 heterocycles. The fourth-order valence-electron chi connectivity index (χ4n) is 2.88. The summed E-state index contributed by atoms with van der Waals surface area (Å²) in [5.41, 5.74) is 0.829. The Morgan fingerprint density at radius 2 is 2.00 bits per heavy atom. The number of sulfonamides is 1. The monoisotopic (exact) mass is 356 g/mol. The number of hydrogen-bond acceptors (Lipinski definition) is 5. The number of piperidine rings is 1. The Bertz CT molecular complexity index is 690. The predicted molar refractivity (Wildman–Crippen MR) is 90.8 cm³/mol. The smallest absolute Gasteiger partial charge is 0.227 e. The van der Waals surface area contributed by atoms with Gasteiger partial charge in [0.05, 0.1) is 26.9 Å². The van der Waals surface area contributed by atoms with Crippen molar-refractivity contribution in [2.45, 2.75) is 25.3 Å². The Morgan fingerprint density at radius 3 is 2.62 bits per heavy atom. The van der Waals surface area contributed by atoms with E-state index in [1.165, 1.54) is 0 Å². The molecule has 0 unspecified atom stereocenters. The van der Waals surface area contributed by atoms with Crippen LogP contribution in [0, 0.1) is 0 Å². The second kappa shape index (κ2) is 7.85. The van der Waals surface area contributed by atoms with E-state index in [-0.39, 0.29) is 18.4 Å². The lowest BCUT2D eigenvalue weighted by atomic mass is 10.0. The average molecular weight is 356 g/mol. The van der Waals surface area contributed by atoms with E-state index in [2.05, 4.69) is 4.72 Å². The van der Waals surface area contributed by atoms with Crippen molar-refractivity contribution in [2.24, 2.45) is 0 Å². The van der Waals surface area contributed by atoms with Crippen LogP contribution in [0.4, 0.5) is 0 Å². The first-order valence-electron chi connectivity index (χ1n) is 7.78. The van der Waals surface area contributed by atoms with E-state index < -0.39 is 10.0 Å². The van der Waals surface area contributed by atoms with Gasteiger partial charge in [-0.25, -0.2) is 13.1 Å². The molecule has 1 aliphatic rings. The van der Waals surface area contributed by atoms with Crippen molar-refractivity contribution in [3.8, 4) is 11.5 Å². The summed E-state index contributed by atoms with van der Waals surface area (Å²) in [4.78, 5) is 14.2. The molecule has 134 valence electrons. The van der Waals surface area contributed by atoms with Gasteiger partial charge in [-0.2, -0.15) is 0 Å². The molecule has 1 atom stereocenters. The number of nitrogens with one attached hydrogen (secondary N) is 1. The van der Waals surface area contributed by atoms with E-state index in [1.807, 2.05) is 6.07 Å². The lowest BCUT2D eigenvalue weighted by molar-refractivity contribution is -0.131. The van der Waals surface area contributed by atoms with E-state index >= 15 is 0 Å². The van der Waals surface area contributed by atoms with E-state index in [0.29, 0.717) is 24.6 Å². The number of hydrogen-bond donors (Lipinski definition) is 1. The number of likely N-dealkylation sites (tertiary alicyclic amines) is 1. The minimum Gasteiger partial charge on any atom is -0.493 e. The summed E-state index contributed by atoms with van der Waals surface area (Å²) < 4.78 is 35.7. The highest BCUT2D eigenvalue weighted by molar-refractivity contribution is 7.88. The standard InChI is InChI=1S/C16H24N2O5S/c1-22-14-7-6-12(9-15(14)23-2)10-16(19)18-8-4-5-13(11-18)17-24(3,20)21/h6-7,9,13,17H,4-5,8,10-11H2,1-3H3/t13-/m1/s1. The first-order valence-corrected chi connectivity index (χ1v) is 9.67. The summed E-state index contributed by atoms with van der Waals surface area (Å²) in [6.45, 7) is 1.05. The van der Waals surface area contributed by atoms with Crippen molar-refractivity contribution in [2.75, 3.05) is 33.6 Å².